The first kappa shape index (κ1) is 19.2. The van der Waals surface area contributed by atoms with E-state index in [2.05, 4.69) is 17.4 Å². The van der Waals surface area contributed by atoms with E-state index in [1.54, 1.807) is 14.0 Å². The summed E-state index contributed by atoms with van der Waals surface area (Å²) in [5.74, 6) is 1.46. The molecule has 0 saturated heterocycles. The summed E-state index contributed by atoms with van der Waals surface area (Å²) in [5.41, 5.74) is 10.3. The van der Waals surface area contributed by atoms with Gasteiger partial charge >= 0.3 is 0 Å². The Morgan fingerprint density at radius 2 is 1.96 bits per heavy atom. The van der Waals surface area contributed by atoms with Gasteiger partial charge in [0, 0.05) is 6.54 Å². The first-order valence-corrected chi connectivity index (χ1v) is 9.50. The van der Waals surface area contributed by atoms with E-state index in [4.69, 9.17) is 15.2 Å². The highest BCUT2D eigenvalue weighted by Crippen LogP contribution is 2.33. The summed E-state index contributed by atoms with van der Waals surface area (Å²) < 4.78 is 11.4. The Balaban J connectivity index is 1.75. The van der Waals surface area contributed by atoms with E-state index in [1.165, 1.54) is 29.5 Å². The first-order valence-electron chi connectivity index (χ1n) is 9.50. The Hall–Kier alpha value is -2.53. The van der Waals surface area contributed by atoms with Gasteiger partial charge < -0.3 is 20.5 Å². The highest BCUT2D eigenvalue weighted by atomic mass is 16.5. The van der Waals surface area contributed by atoms with Crippen LogP contribution >= 0.6 is 0 Å². The van der Waals surface area contributed by atoms with Crippen LogP contribution in [0.2, 0.25) is 0 Å². The number of fused-ring (bicyclic) bond motifs is 1. The first-order chi connectivity index (χ1) is 13.1. The summed E-state index contributed by atoms with van der Waals surface area (Å²) in [6.45, 7) is 2.95. The number of hydrogen-bond acceptors (Lipinski definition) is 4. The highest BCUT2D eigenvalue weighted by Gasteiger charge is 2.19. The Labute approximate surface area is 160 Å². The van der Waals surface area contributed by atoms with Gasteiger partial charge in [-0.3, -0.25) is 4.79 Å². The van der Waals surface area contributed by atoms with Gasteiger partial charge in [-0.25, -0.2) is 0 Å². The van der Waals surface area contributed by atoms with Gasteiger partial charge in [-0.15, -0.1) is 0 Å². The third-order valence-electron chi connectivity index (χ3n) is 5.14. The average Bonchev–Trinajstić information content (AvgIpc) is 2.70. The molecule has 27 heavy (non-hydrogen) atoms. The summed E-state index contributed by atoms with van der Waals surface area (Å²) in [6, 6.07) is 11.8. The zero-order valence-electron chi connectivity index (χ0n) is 16.1. The number of amides is 1. The van der Waals surface area contributed by atoms with Crippen molar-refractivity contribution >= 4 is 5.91 Å². The van der Waals surface area contributed by atoms with Crippen LogP contribution in [0.4, 0.5) is 0 Å². The van der Waals surface area contributed by atoms with E-state index in [1.807, 2.05) is 24.3 Å². The van der Waals surface area contributed by atoms with Gasteiger partial charge in [0.15, 0.2) is 0 Å². The molecule has 5 heteroatoms. The van der Waals surface area contributed by atoms with E-state index < -0.39 is 0 Å². The van der Waals surface area contributed by atoms with Gasteiger partial charge in [-0.05, 0) is 73.1 Å². The molecule has 1 aliphatic rings. The Bertz CT molecular complexity index is 804. The topological polar surface area (TPSA) is 73.6 Å². The van der Waals surface area contributed by atoms with Crippen LogP contribution in [0.15, 0.2) is 36.4 Å². The third-order valence-corrected chi connectivity index (χ3v) is 5.14. The van der Waals surface area contributed by atoms with Crippen molar-refractivity contribution in [3.63, 3.8) is 0 Å². The minimum Gasteiger partial charge on any atom is -0.497 e. The van der Waals surface area contributed by atoms with Gasteiger partial charge in [0.1, 0.15) is 18.1 Å². The number of nitrogens with one attached hydrogen (secondary N) is 1. The zero-order valence-corrected chi connectivity index (χ0v) is 16.1. The molecule has 2 aromatic rings. The van der Waals surface area contributed by atoms with Gasteiger partial charge in [-0.2, -0.15) is 0 Å². The maximum absolute atomic E-state index is 11.3. The molecule has 0 bridgehead atoms. The van der Waals surface area contributed by atoms with Crippen LogP contribution in [0.25, 0.3) is 0 Å². The molecule has 0 aromatic heterocycles. The second kappa shape index (κ2) is 8.91. The highest BCUT2D eigenvalue weighted by molar-refractivity contribution is 5.79. The minimum atomic E-state index is -0.340. The quantitative estimate of drug-likeness (QED) is 0.751. The number of rotatable bonds is 8. The molecule has 3 N–H and O–H groups in total. The van der Waals surface area contributed by atoms with Crippen molar-refractivity contribution in [3.8, 4) is 11.5 Å². The molecule has 0 aliphatic heterocycles. The van der Waals surface area contributed by atoms with Crippen molar-refractivity contribution in [3.05, 3.63) is 58.7 Å². The molecule has 0 heterocycles. The zero-order chi connectivity index (χ0) is 19.2. The molecule has 0 radical (unpaired) electrons. The third kappa shape index (κ3) is 4.80. The van der Waals surface area contributed by atoms with E-state index in [9.17, 15) is 4.79 Å². The Kier molecular flexibility index (Phi) is 6.35. The Morgan fingerprint density at radius 3 is 2.70 bits per heavy atom. The predicted octanol–water partition coefficient (Wildman–Crippen LogP) is 3.12. The largest absolute Gasteiger partial charge is 0.497 e. The van der Waals surface area contributed by atoms with E-state index in [-0.39, 0.29) is 11.9 Å². The fourth-order valence-corrected chi connectivity index (χ4v) is 3.50. The van der Waals surface area contributed by atoms with Gasteiger partial charge in [0.05, 0.1) is 13.2 Å². The summed E-state index contributed by atoms with van der Waals surface area (Å²) >= 11 is 0. The van der Waals surface area contributed by atoms with E-state index in [0.29, 0.717) is 13.2 Å². The summed E-state index contributed by atoms with van der Waals surface area (Å²) in [4.78, 5) is 11.3. The lowest BCUT2D eigenvalue weighted by Gasteiger charge is -2.23. The smallest absolute Gasteiger partial charge is 0.234 e. The van der Waals surface area contributed by atoms with Gasteiger partial charge in [0.25, 0.3) is 0 Å². The number of nitrogens with two attached hydrogens (primary N) is 1. The van der Waals surface area contributed by atoms with Crippen molar-refractivity contribution in [2.75, 3.05) is 7.11 Å². The summed E-state index contributed by atoms with van der Waals surface area (Å²) in [5, 5.41) is 3.21. The molecule has 3 rings (SSSR count). The van der Waals surface area contributed by atoms with Crippen molar-refractivity contribution in [1.29, 1.82) is 0 Å². The van der Waals surface area contributed by atoms with Crippen molar-refractivity contribution in [2.24, 2.45) is 5.73 Å². The van der Waals surface area contributed by atoms with Crippen LogP contribution in [0.3, 0.4) is 0 Å². The standard InChI is InChI=1S/C22H28N2O3/c1-15(22(23)25)24-13-17-10-11-21(20-9-4-3-8-19(17)20)27-14-16-6-5-7-18(12-16)26-2/h5-7,10-12,15,24H,3-4,8-9,13-14H2,1-2H3,(H2,23,25)/t15-/m0/s1. The Morgan fingerprint density at radius 1 is 1.19 bits per heavy atom. The minimum absolute atomic E-state index is 0.331. The average molecular weight is 368 g/mol. The SMILES string of the molecule is COc1cccc(COc2ccc(CN[C@@H](C)C(N)=O)c3c2CCCC3)c1. The molecule has 1 atom stereocenters. The molecule has 144 valence electrons. The second-order valence-electron chi connectivity index (χ2n) is 7.03. The van der Waals surface area contributed by atoms with Crippen molar-refractivity contribution in [1.82, 2.24) is 5.32 Å². The molecule has 0 saturated carbocycles. The maximum Gasteiger partial charge on any atom is 0.234 e. The number of primary amides is 1. The molecule has 1 aliphatic carbocycles. The fraction of sp³-hybridized carbons (Fsp3) is 0.409. The lowest BCUT2D eigenvalue weighted by molar-refractivity contribution is -0.119. The molecule has 0 fully saturated rings. The van der Waals surface area contributed by atoms with Crippen LogP contribution in [-0.2, 0) is 30.8 Å². The molecular formula is C22H28N2O3. The monoisotopic (exact) mass is 368 g/mol. The summed E-state index contributed by atoms with van der Waals surface area (Å²) in [7, 11) is 1.67. The van der Waals surface area contributed by atoms with Crippen LogP contribution in [0, 0.1) is 0 Å². The van der Waals surface area contributed by atoms with E-state index >= 15 is 0 Å². The number of methoxy groups -OCH3 is 1. The summed E-state index contributed by atoms with van der Waals surface area (Å²) in [6.07, 6.45) is 4.44. The molecule has 2 aromatic carbocycles. The molecular weight excluding hydrogens is 340 g/mol. The number of hydrogen-bond donors (Lipinski definition) is 2. The van der Waals surface area contributed by atoms with Crippen molar-refractivity contribution < 1.29 is 14.3 Å². The van der Waals surface area contributed by atoms with Crippen LogP contribution in [-0.4, -0.2) is 19.1 Å². The normalized spacial score (nSPS) is 14.3. The van der Waals surface area contributed by atoms with Crippen LogP contribution < -0.4 is 20.5 Å². The number of carbonyl (C=O) groups excluding carboxylic acids is 1. The second-order valence-corrected chi connectivity index (χ2v) is 7.03. The maximum atomic E-state index is 11.3. The van der Waals surface area contributed by atoms with Crippen LogP contribution in [0.1, 0.15) is 42.0 Å². The number of carbonyl (C=O) groups is 1. The molecule has 0 spiro atoms. The lowest BCUT2D eigenvalue weighted by Crippen LogP contribution is -2.38. The van der Waals surface area contributed by atoms with Crippen LogP contribution in [0.5, 0.6) is 11.5 Å². The lowest BCUT2D eigenvalue weighted by atomic mass is 9.87. The fourth-order valence-electron chi connectivity index (χ4n) is 3.50. The van der Waals surface area contributed by atoms with Gasteiger partial charge in [0.2, 0.25) is 5.91 Å². The van der Waals surface area contributed by atoms with Crippen molar-refractivity contribution in [2.45, 2.75) is 51.8 Å². The molecule has 1 amide bonds. The predicted molar refractivity (Wildman–Crippen MR) is 106 cm³/mol. The van der Waals surface area contributed by atoms with Gasteiger partial charge in [-0.1, -0.05) is 18.2 Å². The molecule has 0 unspecified atom stereocenters. The number of ether oxygens (including phenoxy) is 2. The molecule has 5 nitrogen and oxygen atoms in total. The number of benzene rings is 2. The van der Waals surface area contributed by atoms with E-state index in [0.717, 1.165) is 29.9 Å².